The summed E-state index contributed by atoms with van der Waals surface area (Å²) in [6.45, 7) is 1.73. The average Bonchev–Trinajstić information content (AvgIpc) is 3.21. The van der Waals surface area contributed by atoms with Crippen molar-refractivity contribution in [2.24, 2.45) is 0 Å². The van der Waals surface area contributed by atoms with Gasteiger partial charge in [-0.1, -0.05) is 23.7 Å². The Hall–Kier alpha value is -2.42. The smallest absolute Gasteiger partial charge is 0.330 e. The Labute approximate surface area is 180 Å². The van der Waals surface area contributed by atoms with Gasteiger partial charge in [-0.05, 0) is 25.0 Å². The van der Waals surface area contributed by atoms with Gasteiger partial charge >= 0.3 is 6.03 Å². The molecule has 9 heteroatoms. The van der Waals surface area contributed by atoms with Gasteiger partial charge in [0.2, 0.25) is 5.95 Å². The SMILES string of the molecule is CN1C(=O)N(c2ccccc2Cl)Cc2cnc(NC3CCC4(CC3)OCCO4)nc21. The van der Waals surface area contributed by atoms with E-state index in [4.69, 9.17) is 21.1 Å². The van der Waals surface area contributed by atoms with E-state index in [-0.39, 0.29) is 17.9 Å². The minimum Gasteiger partial charge on any atom is -0.351 e. The van der Waals surface area contributed by atoms with Gasteiger partial charge in [0.15, 0.2) is 5.79 Å². The van der Waals surface area contributed by atoms with E-state index in [9.17, 15) is 4.79 Å². The molecule has 2 amide bonds. The van der Waals surface area contributed by atoms with E-state index in [2.05, 4.69) is 15.3 Å². The molecule has 0 atom stereocenters. The van der Waals surface area contributed by atoms with Crippen LogP contribution in [0.4, 0.5) is 22.2 Å². The molecule has 158 valence electrons. The molecule has 3 heterocycles. The zero-order valence-electron chi connectivity index (χ0n) is 16.8. The Morgan fingerprint density at radius 2 is 1.93 bits per heavy atom. The number of carbonyl (C=O) groups is 1. The molecule has 3 aliphatic rings. The predicted molar refractivity (Wildman–Crippen MR) is 114 cm³/mol. The number of ether oxygens (including phenoxy) is 2. The molecule has 1 aromatic carbocycles. The van der Waals surface area contributed by atoms with Crippen LogP contribution in [0.2, 0.25) is 5.02 Å². The minimum absolute atomic E-state index is 0.171. The highest BCUT2D eigenvalue weighted by Gasteiger charge is 2.40. The Bertz CT molecular complexity index is 955. The molecule has 30 heavy (non-hydrogen) atoms. The molecule has 1 aliphatic carbocycles. The molecule has 2 fully saturated rings. The topological polar surface area (TPSA) is 79.8 Å². The molecule has 0 unspecified atom stereocenters. The number of para-hydroxylation sites is 1. The molecule has 1 saturated carbocycles. The second-order valence-corrected chi connectivity index (χ2v) is 8.36. The first-order valence-corrected chi connectivity index (χ1v) is 10.6. The lowest BCUT2D eigenvalue weighted by molar-refractivity contribution is -0.177. The second-order valence-electron chi connectivity index (χ2n) is 7.95. The number of fused-ring (bicyclic) bond motifs is 1. The lowest BCUT2D eigenvalue weighted by Gasteiger charge is -2.36. The molecular formula is C21H24ClN5O3. The Morgan fingerprint density at radius 1 is 1.20 bits per heavy atom. The van der Waals surface area contributed by atoms with Crippen molar-refractivity contribution >= 4 is 35.1 Å². The van der Waals surface area contributed by atoms with Crippen molar-refractivity contribution in [3.05, 3.63) is 41.0 Å². The highest BCUT2D eigenvalue weighted by molar-refractivity contribution is 6.34. The van der Waals surface area contributed by atoms with Gasteiger partial charge in [-0.2, -0.15) is 4.98 Å². The first kappa shape index (κ1) is 19.5. The largest absolute Gasteiger partial charge is 0.351 e. The summed E-state index contributed by atoms with van der Waals surface area (Å²) < 4.78 is 11.6. The van der Waals surface area contributed by atoms with Crippen molar-refractivity contribution in [2.75, 3.05) is 35.4 Å². The molecule has 1 aromatic heterocycles. The van der Waals surface area contributed by atoms with E-state index in [0.29, 0.717) is 42.2 Å². The number of amides is 2. The zero-order valence-corrected chi connectivity index (χ0v) is 17.6. The molecule has 2 aliphatic heterocycles. The Morgan fingerprint density at radius 3 is 2.67 bits per heavy atom. The number of halogens is 1. The highest BCUT2D eigenvalue weighted by Crippen LogP contribution is 2.37. The van der Waals surface area contributed by atoms with Crippen LogP contribution in [-0.4, -0.2) is 48.1 Å². The van der Waals surface area contributed by atoms with Gasteiger partial charge in [-0.3, -0.25) is 9.80 Å². The van der Waals surface area contributed by atoms with Gasteiger partial charge in [0, 0.05) is 37.7 Å². The molecule has 1 saturated heterocycles. The normalized spacial score (nSPS) is 21.2. The van der Waals surface area contributed by atoms with Gasteiger partial charge in [-0.25, -0.2) is 9.78 Å². The fraction of sp³-hybridized carbons (Fsp3) is 0.476. The maximum absolute atomic E-state index is 13.0. The predicted octanol–water partition coefficient (Wildman–Crippen LogP) is 3.80. The van der Waals surface area contributed by atoms with E-state index in [1.807, 2.05) is 18.2 Å². The summed E-state index contributed by atoms with van der Waals surface area (Å²) in [6.07, 6.45) is 5.36. The van der Waals surface area contributed by atoms with Crippen molar-refractivity contribution in [3.63, 3.8) is 0 Å². The molecule has 1 spiro atoms. The van der Waals surface area contributed by atoms with Crippen LogP contribution in [0.25, 0.3) is 0 Å². The number of urea groups is 1. The van der Waals surface area contributed by atoms with Crippen molar-refractivity contribution in [3.8, 4) is 0 Å². The van der Waals surface area contributed by atoms with Gasteiger partial charge in [-0.15, -0.1) is 0 Å². The molecule has 0 radical (unpaired) electrons. The van der Waals surface area contributed by atoms with Crippen LogP contribution in [-0.2, 0) is 16.0 Å². The Balaban J connectivity index is 1.31. The third kappa shape index (κ3) is 3.49. The quantitative estimate of drug-likeness (QED) is 0.799. The zero-order chi connectivity index (χ0) is 20.7. The van der Waals surface area contributed by atoms with Gasteiger partial charge in [0.05, 0.1) is 30.5 Å². The summed E-state index contributed by atoms with van der Waals surface area (Å²) in [5.74, 6) is 0.772. The van der Waals surface area contributed by atoms with Crippen LogP contribution in [0.5, 0.6) is 0 Å². The molecule has 2 aromatic rings. The number of nitrogens with zero attached hydrogens (tertiary/aromatic N) is 4. The van der Waals surface area contributed by atoms with Crippen LogP contribution in [0.15, 0.2) is 30.5 Å². The number of aromatic nitrogens is 2. The van der Waals surface area contributed by atoms with Crippen LogP contribution in [0, 0.1) is 0 Å². The van der Waals surface area contributed by atoms with Crippen molar-refractivity contribution in [1.29, 1.82) is 0 Å². The van der Waals surface area contributed by atoms with Crippen LogP contribution in [0.3, 0.4) is 0 Å². The lowest BCUT2D eigenvalue weighted by atomic mass is 9.90. The number of hydrogen-bond acceptors (Lipinski definition) is 6. The molecule has 8 nitrogen and oxygen atoms in total. The van der Waals surface area contributed by atoms with Crippen molar-refractivity contribution < 1.29 is 14.3 Å². The summed E-state index contributed by atoms with van der Waals surface area (Å²) >= 11 is 6.30. The molecule has 0 bridgehead atoms. The highest BCUT2D eigenvalue weighted by atomic mass is 35.5. The van der Waals surface area contributed by atoms with Gasteiger partial charge < -0.3 is 14.8 Å². The molecule has 1 N–H and O–H groups in total. The van der Waals surface area contributed by atoms with Gasteiger partial charge in [0.1, 0.15) is 5.82 Å². The van der Waals surface area contributed by atoms with Gasteiger partial charge in [0.25, 0.3) is 0 Å². The molecule has 5 rings (SSSR count). The van der Waals surface area contributed by atoms with E-state index < -0.39 is 0 Å². The fourth-order valence-electron chi connectivity index (χ4n) is 4.41. The number of carbonyl (C=O) groups excluding carboxylic acids is 1. The summed E-state index contributed by atoms with van der Waals surface area (Å²) in [7, 11) is 1.72. The van der Waals surface area contributed by atoms with Crippen LogP contribution < -0.4 is 15.1 Å². The summed E-state index contributed by atoms with van der Waals surface area (Å²) in [5, 5.41) is 3.95. The number of nitrogens with one attached hydrogen (secondary N) is 1. The van der Waals surface area contributed by atoms with Crippen molar-refractivity contribution in [1.82, 2.24) is 9.97 Å². The molecular weight excluding hydrogens is 406 g/mol. The second kappa shape index (κ2) is 7.68. The fourth-order valence-corrected chi connectivity index (χ4v) is 4.65. The van der Waals surface area contributed by atoms with Crippen molar-refractivity contribution in [2.45, 2.75) is 44.1 Å². The summed E-state index contributed by atoms with van der Waals surface area (Å²) in [4.78, 5) is 25.3. The summed E-state index contributed by atoms with van der Waals surface area (Å²) in [5.41, 5.74) is 1.55. The lowest BCUT2D eigenvalue weighted by Crippen LogP contribution is -2.46. The Kier molecular flexibility index (Phi) is 5.00. The van der Waals surface area contributed by atoms with Crippen LogP contribution in [0.1, 0.15) is 31.2 Å². The first-order chi connectivity index (χ1) is 14.5. The number of anilines is 3. The third-order valence-electron chi connectivity index (χ3n) is 6.04. The van der Waals surface area contributed by atoms with E-state index in [0.717, 1.165) is 31.2 Å². The van der Waals surface area contributed by atoms with E-state index in [1.165, 1.54) is 0 Å². The standard InChI is InChI=1S/C21H24ClN5O3/c1-26-18-14(13-27(20(26)28)17-5-3-2-4-16(17)22)12-23-19(25-18)24-15-6-8-21(9-7-15)29-10-11-30-21/h2-5,12,15H,6-11,13H2,1H3,(H,23,24,25). The minimum atomic E-state index is -0.385. The maximum atomic E-state index is 13.0. The van der Waals surface area contributed by atoms with E-state index >= 15 is 0 Å². The summed E-state index contributed by atoms with van der Waals surface area (Å²) in [6, 6.07) is 7.41. The number of benzene rings is 1. The first-order valence-electron chi connectivity index (χ1n) is 10.2. The third-order valence-corrected chi connectivity index (χ3v) is 6.36. The monoisotopic (exact) mass is 429 g/mol. The average molecular weight is 430 g/mol. The maximum Gasteiger partial charge on any atom is 0.330 e. The number of rotatable bonds is 3. The number of hydrogen-bond donors (Lipinski definition) is 1. The van der Waals surface area contributed by atoms with E-state index in [1.54, 1.807) is 29.1 Å². The van der Waals surface area contributed by atoms with Crippen LogP contribution >= 0.6 is 11.6 Å².